The van der Waals surface area contributed by atoms with Crippen LogP contribution in [0.4, 0.5) is 13.2 Å². The summed E-state index contributed by atoms with van der Waals surface area (Å²) in [5.74, 6) is -2.84. The first-order chi connectivity index (χ1) is 8.13. The number of carbonyl (C=O) groups excluding carboxylic acids is 1. The van der Waals surface area contributed by atoms with E-state index in [9.17, 15) is 18.0 Å². The minimum absolute atomic E-state index is 0.0389. The number of benzene rings is 2. The highest BCUT2D eigenvalue weighted by molar-refractivity contribution is 5.87. The molecule has 0 spiro atoms. The average Bonchev–Trinajstić information content (AvgIpc) is 2.33. The first-order valence-corrected chi connectivity index (χ1v) is 4.82. The molecule has 0 aliphatic rings. The highest BCUT2D eigenvalue weighted by atomic mass is 19.2. The van der Waals surface area contributed by atoms with Crippen LogP contribution < -0.4 is 0 Å². The molecule has 0 aliphatic heterocycles. The molecule has 0 heterocycles. The van der Waals surface area contributed by atoms with Gasteiger partial charge in [-0.25, -0.2) is 13.2 Å². The lowest BCUT2D eigenvalue weighted by molar-refractivity contribution is 0.112. The average molecular weight is 236 g/mol. The summed E-state index contributed by atoms with van der Waals surface area (Å²) in [5.41, 5.74) is 0.0134. The zero-order valence-corrected chi connectivity index (χ0v) is 8.58. The number of aldehydes is 1. The van der Waals surface area contributed by atoms with Gasteiger partial charge in [-0.05, 0) is 23.8 Å². The van der Waals surface area contributed by atoms with E-state index in [1.54, 1.807) is 6.07 Å². The molecule has 0 N–H and O–H groups in total. The SMILES string of the molecule is O=Cc1cc(F)c(F)cc1-c1ccccc1F. The zero-order valence-electron chi connectivity index (χ0n) is 8.58. The Kier molecular flexibility index (Phi) is 2.95. The van der Waals surface area contributed by atoms with E-state index in [0.717, 1.165) is 12.1 Å². The summed E-state index contributed by atoms with van der Waals surface area (Å²) in [6, 6.07) is 7.18. The Morgan fingerprint density at radius 1 is 0.824 bits per heavy atom. The number of rotatable bonds is 2. The van der Waals surface area contributed by atoms with Crippen molar-refractivity contribution in [1.82, 2.24) is 0 Å². The van der Waals surface area contributed by atoms with Crippen LogP contribution in [0.2, 0.25) is 0 Å². The molecule has 0 radical (unpaired) electrons. The van der Waals surface area contributed by atoms with Crippen molar-refractivity contribution in [1.29, 1.82) is 0 Å². The Morgan fingerprint density at radius 2 is 1.47 bits per heavy atom. The van der Waals surface area contributed by atoms with Gasteiger partial charge in [0.1, 0.15) is 5.82 Å². The van der Waals surface area contributed by atoms with Gasteiger partial charge in [0.15, 0.2) is 17.9 Å². The monoisotopic (exact) mass is 236 g/mol. The fourth-order valence-corrected chi connectivity index (χ4v) is 1.57. The van der Waals surface area contributed by atoms with Crippen LogP contribution in [0, 0.1) is 17.5 Å². The normalized spacial score (nSPS) is 10.3. The molecule has 0 aromatic heterocycles. The maximum Gasteiger partial charge on any atom is 0.159 e. The lowest BCUT2D eigenvalue weighted by Gasteiger charge is -2.07. The predicted octanol–water partition coefficient (Wildman–Crippen LogP) is 3.58. The summed E-state index contributed by atoms with van der Waals surface area (Å²) < 4.78 is 39.5. The summed E-state index contributed by atoms with van der Waals surface area (Å²) in [4.78, 5) is 10.8. The van der Waals surface area contributed by atoms with E-state index < -0.39 is 17.5 Å². The fourth-order valence-electron chi connectivity index (χ4n) is 1.57. The summed E-state index contributed by atoms with van der Waals surface area (Å²) in [6.45, 7) is 0. The van der Waals surface area contributed by atoms with Crippen LogP contribution in [-0.4, -0.2) is 6.29 Å². The smallest absolute Gasteiger partial charge is 0.159 e. The third kappa shape index (κ3) is 2.06. The maximum atomic E-state index is 13.5. The Hall–Kier alpha value is -2.10. The van der Waals surface area contributed by atoms with Gasteiger partial charge in [-0.1, -0.05) is 18.2 Å². The minimum Gasteiger partial charge on any atom is -0.298 e. The Morgan fingerprint density at radius 3 is 2.12 bits per heavy atom. The fraction of sp³-hybridized carbons (Fsp3) is 0. The van der Waals surface area contributed by atoms with Crippen molar-refractivity contribution in [3.8, 4) is 11.1 Å². The summed E-state index contributed by atoms with van der Waals surface area (Å²) in [7, 11) is 0. The van der Waals surface area contributed by atoms with E-state index >= 15 is 0 Å². The molecule has 2 aromatic carbocycles. The van der Waals surface area contributed by atoms with Crippen LogP contribution in [0.15, 0.2) is 36.4 Å². The Balaban J connectivity index is 2.71. The van der Waals surface area contributed by atoms with Crippen molar-refractivity contribution < 1.29 is 18.0 Å². The quantitative estimate of drug-likeness (QED) is 0.728. The van der Waals surface area contributed by atoms with Crippen LogP contribution in [-0.2, 0) is 0 Å². The molecule has 17 heavy (non-hydrogen) atoms. The Bertz CT molecular complexity index is 579. The molecule has 86 valence electrons. The molecular formula is C13H7F3O. The molecule has 0 bridgehead atoms. The van der Waals surface area contributed by atoms with E-state index in [1.807, 2.05) is 0 Å². The second kappa shape index (κ2) is 4.41. The van der Waals surface area contributed by atoms with Crippen molar-refractivity contribution in [2.45, 2.75) is 0 Å². The first kappa shape index (κ1) is 11.4. The highest BCUT2D eigenvalue weighted by Gasteiger charge is 2.13. The molecule has 0 atom stereocenters. The summed E-state index contributed by atoms with van der Waals surface area (Å²) >= 11 is 0. The van der Waals surface area contributed by atoms with Gasteiger partial charge in [0.2, 0.25) is 0 Å². The molecule has 0 aliphatic carbocycles. The third-order valence-corrected chi connectivity index (χ3v) is 2.38. The van der Waals surface area contributed by atoms with Gasteiger partial charge in [-0.3, -0.25) is 4.79 Å². The van der Waals surface area contributed by atoms with Gasteiger partial charge in [-0.15, -0.1) is 0 Å². The second-order valence-corrected chi connectivity index (χ2v) is 3.45. The van der Waals surface area contributed by atoms with Gasteiger partial charge < -0.3 is 0 Å². The van der Waals surface area contributed by atoms with E-state index in [2.05, 4.69) is 0 Å². The van der Waals surface area contributed by atoms with Gasteiger partial charge >= 0.3 is 0 Å². The number of hydrogen-bond donors (Lipinski definition) is 0. The van der Waals surface area contributed by atoms with Gasteiger partial charge in [0, 0.05) is 11.1 Å². The topological polar surface area (TPSA) is 17.1 Å². The van der Waals surface area contributed by atoms with E-state index in [0.29, 0.717) is 6.29 Å². The van der Waals surface area contributed by atoms with Crippen LogP contribution in [0.1, 0.15) is 10.4 Å². The van der Waals surface area contributed by atoms with Gasteiger partial charge in [-0.2, -0.15) is 0 Å². The second-order valence-electron chi connectivity index (χ2n) is 3.45. The summed E-state index contributed by atoms with van der Waals surface area (Å²) in [6.07, 6.45) is 0.365. The molecular weight excluding hydrogens is 229 g/mol. The van der Waals surface area contributed by atoms with Crippen molar-refractivity contribution in [2.75, 3.05) is 0 Å². The third-order valence-electron chi connectivity index (χ3n) is 2.38. The number of carbonyl (C=O) groups is 1. The van der Waals surface area contributed by atoms with Crippen molar-refractivity contribution in [2.24, 2.45) is 0 Å². The van der Waals surface area contributed by atoms with Crippen LogP contribution in [0.5, 0.6) is 0 Å². The lowest BCUT2D eigenvalue weighted by atomic mass is 9.99. The van der Waals surface area contributed by atoms with E-state index in [4.69, 9.17) is 0 Å². The van der Waals surface area contributed by atoms with E-state index in [1.165, 1.54) is 18.2 Å². The van der Waals surface area contributed by atoms with E-state index in [-0.39, 0.29) is 16.7 Å². The molecule has 0 fully saturated rings. The zero-order chi connectivity index (χ0) is 12.4. The molecule has 0 unspecified atom stereocenters. The van der Waals surface area contributed by atoms with Gasteiger partial charge in [0.05, 0.1) is 0 Å². The molecule has 2 aromatic rings. The van der Waals surface area contributed by atoms with Gasteiger partial charge in [0.25, 0.3) is 0 Å². The molecule has 0 amide bonds. The van der Waals surface area contributed by atoms with Crippen molar-refractivity contribution in [3.63, 3.8) is 0 Å². The molecule has 0 saturated carbocycles. The molecule has 0 saturated heterocycles. The van der Waals surface area contributed by atoms with Crippen LogP contribution in [0.25, 0.3) is 11.1 Å². The number of halogens is 3. The van der Waals surface area contributed by atoms with Crippen LogP contribution >= 0.6 is 0 Å². The van der Waals surface area contributed by atoms with Crippen molar-refractivity contribution in [3.05, 3.63) is 59.4 Å². The highest BCUT2D eigenvalue weighted by Crippen LogP contribution is 2.27. The van der Waals surface area contributed by atoms with Crippen LogP contribution in [0.3, 0.4) is 0 Å². The lowest BCUT2D eigenvalue weighted by Crippen LogP contribution is -1.95. The number of hydrogen-bond acceptors (Lipinski definition) is 1. The Labute approximate surface area is 95.5 Å². The maximum absolute atomic E-state index is 13.5. The molecule has 4 heteroatoms. The largest absolute Gasteiger partial charge is 0.298 e. The molecule has 2 rings (SSSR count). The van der Waals surface area contributed by atoms with Crippen molar-refractivity contribution >= 4 is 6.29 Å². The predicted molar refractivity (Wildman–Crippen MR) is 57.1 cm³/mol. The standard InChI is InChI=1S/C13H7F3O/c14-11-4-2-1-3-9(11)10-6-13(16)12(15)5-8(10)7-17/h1-7H. The molecule has 1 nitrogen and oxygen atoms in total. The minimum atomic E-state index is -1.13. The first-order valence-electron chi connectivity index (χ1n) is 4.82. The summed E-state index contributed by atoms with van der Waals surface area (Å²) in [5, 5.41) is 0.